The number of hydrogen-bond donors (Lipinski definition) is 1. The monoisotopic (exact) mass is 298 g/mol. The summed E-state index contributed by atoms with van der Waals surface area (Å²) in [6, 6.07) is 8.69. The Labute approximate surface area is 128 Å². The zero-order chi connectivity index (χ0) is 14.6. The molecule has 3 saturated heterocycles. The van der Waals surface area contributed by atoms with Crippen molar-refractivity contribution >= 4 is 23.1 Å². The molecule has 1 aromatic carbocycles. The summed E-state index contributed by atoms with van der Waals surface area (Å²) < 4.78 is 11.9. The molecule has 0 saturated carbocycles. The second-order valence-corrected chi connectivity index (χ2v) is 6.45. The van der Waals surface area contributed by atoms with E-state index in [-0.39, 0.29) is 5.60 Å². The standard InChI is InChI=1S/C16H18N4O2/c1-2-4-13-12(3-1)18-15(21-13)19-14-17-9-16(22-14)10-20-7-5-11(16)6-8-20/h1-4,11H,5-10H2,(H,17,18,19). The summed E-state index contributed by atoms with van der Waals surface area (Å²) in [7, 11) is 0. The van der Waals surface area contributed by atoms with Gasteiger partial charge in [-0.1, -0.05) is 12.1 Å². The molecule has 0 amide bonds. The van der Waals surface area contributed by atoms with Crippen LogP contribution in [0.1, 0.15) is 12.8 Å². The summed E-state index contributed by atoms with van der Waals surface area (Å²) >= 11 is 0. The van der Waals surface area contributed by atoms with E-state index in [1.807, 2.05) is 24.3 Å². The fourth-order valence-electron chi connectivity index (χ4n) is 3.96. The van der Waals surface area contributed by atoms with Crippen molar-refractivity contribution < 1.29 is 9.15 Å². The molecule has 6 heteroatoms. The molecule has 1 aromatic heterocycles. The summed E-state index contributed by atoms with van der Waals surface area (Å²) in [5.41, 5.74) is 1.47. The third-order valence-corrected chi connectivity index (χ3v) is 5.12. The number of ether oxygens (including phenoxy) is 1. The molecular formula is C16H18N4O2. The van der Waals surface area contributed by atoms with Gasteiger partial charge in [-0.15, -0.1) is 0 Å². The highest BCUT2D eigenvalue weighted by Crippen LogP contribution is 2.40. The van der Waals surface area contributed by atoms with E-state index in [4.69, 9.17) is 9.15 Å². The SMILES string of the molecule is c1ccc2oc(NC3=NCC4(CN5CCC4CC5)O3)nc2c1. The first-order chi connectivity index (χ1) is 10.8. The lowest BCUT2D eigenvalue weighted by atomic mass is 9.75. The van der Waals surface area contributed by atoms with Crippen LogP contribution in [0.4, 0.5) is 6.01 Å². The second-order valence-electron chi connectivity index (χ2n) is 6.45. The first kappa shape index (κ1) is 12.5. The molecule has 0 radical (unpaired) electrons. The average Bonchev–Trinajstić information content (AvgIpc) is 3.12. The smallest absolute Gasteiger partial charge is 0.303 e. The minimum Gasteiger partial charge on any atom is -0.455 e. The summed E-state index contributed by atoms with van der Waals surface area (Å²) in [6.45, 7) is 4.12. The van der Waals surface area contributed by atoms with Crippen LogP contribution < -0.4 is 5.32 Å². The number of anilines is 1. The maximum absolute atomic E-state index is 6.22. The maximum atomic E-state index is 6.22. The molecule has 1 unspecified atom stereocenters. The Bertz CT molecular complexity index is 714. The number of fused-ring (bicyclic) bond motifs is 3. The van der Waals surface area contributed by atoms with E-state index in [9.17, 15) is 0 Å². The predicted molar refractivity (Wildman–Crippen MR) is 82.9 cm³/mol. The van der Waals surface area contributed by atoms with E-state index in [1.54, 1.807) is 0 Å². The Morgan fingerprint density at radius 3 is 2.86 bits per heavy atom. The third kappa shape index (κ3) is 1.83. The highest BCUT2D eigenvalue weighted by atomic mass is 16.5. The molecule has 4 aliphatic rings. The molecule has 1 atom stereocenters. The first-order valence-corrected chi connectivity index (χ1v) is 7.89. The normalized spacial score (nSPS) is 33.2. The van der Waals surface area contributed by atoms with Crippen LogP contribution in [0.2, 0.25) is 0 Å². The third-order valence-electron chi connectivity index (χ3n) is 5.12. The number of aromatic nitrogens is 1. The molecule has 22 heavy (non-hydrogen) atoms. The van der Waals surface area contributed by atoms with Crippen LogP contribution in [0, 0.1) is 5.92 Å². The van der Waals surface area contributed by atoms with E-state index in [0.29, 0.717) is 18.0 Å². The van der Waals surface area contributed by atoms with Gasteiger partial charge in [0.05, 0.1) is 6.54 Å². The number of rotatable bonds is 1. The van der Waals surface area contributed by atoms with Gasteiger partial charge in [0, 0.05) is 12.5 Å². The summed E-state index contributed by atoms with van der Waals surface area (Å²) in [4.78, 5) is 11.4. The number of aliphatic imine (C=N–C) groups is 1. The first-order valence-electron chi connectivity index (χ1n) is 7.89. The molecular weight excluding hydrogens is 280 g/mol. The Balaban J connectivity index is 1.35. The van der Waals surface area contributed by atoms with Crippen LogP contribution in [0.3, 0.4) is 0 Å². The molecule has 2 bridgehead atoms. The Hall–Kier alpha value is -2.08. The Morgan fingerprint density at radius 1 is 1.23 bits per heavy atom. The van der Waals surface area contributed by atoms with Gasteiger partial charge in [-0.2, -0.15) is 4.98 Å². The van der Waals surface area contributed by atoms with Gasteiger partial charge in [0.15, 0.2) is 5.58 Å². The largest absolute Gasteiger partial charge is 0.455 e. The molecule has 0 aliphatic carbocycles. The van der Waals surface area contributed by atoms with E-state index >= 15 is 0 Å². The van der Waals surface area contributed by atoms with Gasteiger partial charge < -0.3 is 9.15 Å². The molecule has 1 N–H and O–H groups in total. The van der Waals surface area contributed by atoms with Gasteiger partial charge in [-0.3, -0.25) is 10.2 Å². The van der Waals surface area contributed by atoms with Crippen molar-refractivity contribution in [3.8, 4) is 0 Å². The molecule has 5 heterocycles. The lowest BCUT2D eigenvalue weighted by molar-refractivity contribution is -0.0829. The van der Waals surface area contributed by atoms with Crippen molar-refractivity contribution in [3.63, 3.8) is 0 Å². The van der Waals surface area contributed by atoms with Crippen LogP contribution in [0.15, 0.2) is 33.7 Å². The lowest BCUT2D eigenvalue weighted by Crippen LogP contribution is -2.61. The Kier molecular flexibility index (Phi) is 2.52. The zero-order valence-corrected chi connectivity index (χ0v) is 12.3. The van der Waals surface area contributed by atoms with E-state index in [1.165, 1.54) is 25.9 Å². The second kappa shape index (κ2) is 4.46. The average molecular weight is 298 g/mol. The highest BCUT2D eigenvalue weighted by Gasteiger charge is 2.51. The van der Waals surface area contributed by atoms with E-state index in [2.05, 4.69) is 20.2 Å². The maximum Gasteiger partial charge on any atom is 0.303 e. The van der Waals surface area contributed by atoms with Crippen LogP contribution in [-0.2, 0) is 4.74 Å². The van der Waals surface area contributed by atoms with Crippen molar-refractivity contribution in [2.75, 3.05) is 31.5 Å². The molecule has 4 aliphatic heterocycles. The van der Waals surface area contributed by atoms with Crippen molar-refractivity contribution in [3.05, 3.63) is 24.3 Å². The molecule has 3 fully saturated rings. The molecule has 114 valence electrons. The van der Waals surface area contributed by atoms with Crippen LogP contribution in [-0.4, -0.2) is 47.7 Å². The number of nitrogens with zero attached hydrogens (tertiary/aromatic N) is 3. The number of oxazole rings is 1. The van der Waals surface area contributed by atoms with Crippen LogP contribution >= 0.6 is 0 Å². The topological polar surface area (TPSA) is 62.9 Å². The van der Waals surface area contributed by atoms with Crippen LogP contribution in [0.5, 0.6) is 0 Å². The summed E-state index contributed by atoms with van der Waals surface area (Å²) in [6.07, 6.45) is 2.43. The molecule has 2 aromatic rings. The van der Waals surface area contributed by atoms with Gasteiger partial charge in [0.25, 0.3) is 6.02 Å². The van der Waals surface area contributed by atoms with Gasteiger partial charge in [0.1, 0.15) is 11.1 Å². The van der Waals surface area contributed by atoms with Crippen LogP contribution in [0.25, 0.3) is 11.1 Å². The van der Waals surface area contributed by atoms with Crippen molar-refractivity contribution in [2.24, 2.45) is 10.9 Å². The van der Waals surface area contributed by atoms with Crippen molar-refractivity contribution in [2.45, 2.75) is 18.4 Å². The predicted octanol–water partition coefficient (Wildman–Crippen LogP) is 2.09. The number of amidine groups is 1. The minimum absolute atomic E-state index is 0.134. The number of piperidine rings is 3. The molecule has 6 rings (SSSR count). The zero-order valence-electron chi connectivity index (χ0n) is 12.3. The van der Waals surface area contributed by atoms with E-state index < -0.39 is 0 Å². The summed E-state index contributed by atoms with van der Waals surface area (Å²) in [5.74, 6) is 0.615. The van der Waals surface area contributed by atoms with Gasteiger partial charge in [0.2, 0.25) is 0 Å². The fraction of sp³-hybridized carbons (Fsp3) is 0.500. The number of nitrogens with one attached hydrogen (secondary N) is 1. The molecule has 6 nitrogen and oxygen atoms in total. The highest BCUT2D eigenvalue weighted by molar-refractivity contribution is 5.89. The van der Waals surface area contributed by atoms with E-state index in [0.717, 1.165) is 24.2 Å². The fourth-order valence-corrected chi connectivity index (χ4v) is 3.96. The van der Waals surface area contributed by atoms with Crippen molar-refractivity contribution in [1.29, 1.82) is 0 Å². The number of para-hydroxylation sites is 2. The number of benzene rings is 1. The van der Waals surface area contributed by atoms with Gasteiger partial charge in [-0.25, -0.2) is 4.99 Å². The van der Waals surface area contributed by atoms with Crippen molar-refractivity contribution in [1.82, 2.24) is 9.88 Å². The lowest BCUT2D eigenvalue weighted by Gasteiger charge is -2.50. The summed E-state index contributed by atoms with van der Waals surface area (Å²) in [5, 5.41) is 3.09. The Morgan fingerprint density at radius 2 is 2.09 bits per heavy atom. The van der Waals surface area contributed by atoms with Gasteiger partial charge in [-0.05, 0) is 38.1 Å². The number of hydrogen-bond acceptors (Lipinski definition) is 6. The van der Waals surface area contributed by atoms with Gasteiger partial charge >= 0.3 is 6.01 Å². The quantitative estimate of drug-likeness (QED) is 0.873. The molecule has 1 spiro atoms. The minimum atomic E-state index is -0.134.